The number of hydrogen-bond donors (Lipinski definition) is 2. The molecule has 0 aliphatic heterocycles. The normalized spacial score (nSPS) is 10.4. The second-order valence-electron chi connectivity index (χ2n) is 6.00. The summed E-state index contributed by atoms with van der Waals surface area (Å²) in [5, 5.41) is 6.39. The number of hydrazone groups is 1. The molecule has 10 nitrogen and oxygen atoms in total. The minimum atomic E-state index is -0.502. The Morgan fingerprint density at radius 3 is 2.00 bits per heavy atom. The zero-order valence-corrected chi connectivity index (χ0v) is 18.0. The first kappa shape index (κ1) is 23.3. The molecule has 2 N–H and O–H groups in total. The van der Waals surface area contributed by atoms with Crippen molar-refractivity contribution in [1.29, 1.82) is 0 Å². The molecule has 2 aromatic carbocycles. The Morgan fingerprint density at radius 2 is 1.45 bits per heavy atom. The predicted molar refractivity (Wildman–Crippen MR) is 114 cm³/mol. The van der Waals surface area contributed by atoms with Crippen LogP contribution in [0.15, 0.2) is 35.4 Å². The van der Waals surface area contributed by atoms with Crippen molar-refractivity contribution < 1.29 is 33.3 Å². The van der Waals surface area contributed by atoms with Crippen LogP contribution in [0, 0.1) is 0 Å². The number of ether oxygens (including phenoxy) is 5. The molecule has 0 aliphatic carbocycles. The number of nitrogens with one attached hydrogen (secondary N) is 2. The van der Waals surface area contributed by atoms with Gasteiger partial charge < -0.3 is 29.0 Å². The number of rotatable bonds is 10. The van der Waals surface area contributed by atoms with Gasteiger partial charge in [0.25, 0.3) is 11.8 Å². The van der Waals surface area contributed by atoms with Crippen LogP contribution in [0.2, 0.25) is 0 Å². The van der Waals surface area contributed by atoms with E-state index in [0.717, 1.165) is 0 Å². The van der Waals surface area contributed by atoms with Crippen LogP contribution in [0.1, 0.15) is 15.9 Å². The summed E-state index contributed by atoms with van der Waals surface area (Å²) in [6, 6.07) is 8.05. The molecule has 0 spiro atoms. The van der Waals surface area contributed by atoms with Crippen LogP contribution < -0.4 is 34.4 Å². The Labute approximate surface area is 180 Å². The number of carbonyl (C=O) groups excluding carboxylic acids is 2. The molecule has 166 valence electrons. The molecule has 0 bridgehead atoms. The van der Waals surface area contributed by atoms with Crippen LogP contribution in [0.5, 0.6) is 28.7 Å². The SMILES string of the molecule is COc1ccc(C(=O)NCC(=O)N/N=C\c2cc(OC)c(OC)c(OC)c2)cc1OC. The molecule has 2 amide bonds. The molecule has 0 aromatic heterocycles. The molecule has 0 aliphatic rings. The molecule has 0 fully saturated rings. The summed E-state index contributed by atoms with van der Waals surface area (Å²) in [5.74, 6) is 1.33. The fourth-order valence-corrected chi connectivity index (χ4v) is 2.63. The molecule has 0 radical (unpaired) electrons. The third-order valence-corrected chi connectivity index (χ3v) is 4.15. The molecule has 0 saturated carbocycles. The van der Waals surface area contributed by atoms with Gasteiger partial charge in [-0.25, -0.2) is 5.43 Å². The van der Waals surface area contributed by atoms with E-state index >= 15 is 0 Å². The van der Waals surface area contributed by atoms with Gasteiger partial charge in [0.1, 0.15) is 0 Å². The van der Waals surface area contributed by atoms with Crippen molar-refractivity contribution in [3.8, 4) is 28.7 Å². The Bertz CT molecular complexity index is 935. The predicted octanol–water partition coefficient (Wildman–Crippen LogP) is 1.61. The molecule has 0 heterocycles. The Hall–Kier alpha value is -3.95. The lowest BCUT2D eigenvalue weighted by molar-refractivity contribution is -0.120. The van der Waals surface area contributed by atoms with Crippen LogP contribution >= 0.6 is 0 Å². The number of nitrogens with zero attached hydrogens (tertiary/aromatic N) is 1. The van der Waals surface area contributed by atoms with E-state index in [9.17, 15) is 9.59 Å². The second kappa shape index (κ2) is 11.3. The van der Waals surface area contributed by atoms with Gasteiger partial charge in [0.15, 0.2) is 23.0 Å². The minimum absolute atomic E-state index is 0.264. The van der Waals surface area contributed by atoms with Gasteiger partial charge in [-0.05, 0) is 30.3 Å². The van der Waals surface area contributed by atoms with Crippen LogP contribution in [-0.2, 0) is 4.79 Å². The average molecular weight is 431 g/mol. The Kier molecular flexibility index (Phi) is 8.50. The highest BCUT2D eigenvalue weighted by Gasteiger charge is 2.13. The van der Waals surface area contributed by atoms with Crippen molar-refractivity contribution in [2.24, 2.45) is 5.10 Å². The van der Waals surface area contributed by atoms with Crippen molar-refractivity contribution in [3.05, 3.63) is 41.5 Å². The molecule has 0 unspecified atom stereocenters. The Balaban J connectivity index is 1.95. The number of methoxy groups -OCH3 is 5. The lowest BCUT2D eigenvalue weighted by atomic mass is 10.2. The monoisotopic (exact) mass is 431 g/mol. The molecule has 0 atom stereocenters. The highest BCUT2D eigenvalue weighted by molar-refractivity contribution is 5.97. The topological polar surface area (TPSA) is 117 Å². The fourth-order valence-electron chi connectivity index (χ4n) is 2.63. The molecule has 2 rings (SSSR count). The van der Waals surface area contributed by atoms with Gasteiger partial charge >= 0.3 is 0 Å². The van der Waals surface area contributed by atoms with E-state index in [-0.39, 0.29) is 6.54 Å². The maximum absolute atomic E-state index is 12.2. The van der Waals surface area contributed by atoms with Crippen LogP contribution in [0.3, 0.4) is 0 Å². The van der Waals surface area contributed by atoms with Crippen LogP contribution in [0.4, 0.5) is 0 Å². The number of amides is 2. The van der Waals surface area contributed by atoms with E-state index in [1.54, 1.807) is 24.3 Å². The summed E-state index contributed by atoms with van der Waals surface area (Å²) in [6.07, 6.45) is 1.42. The molecule has 2 aromatic rings. The van der Waals surface area contributed by atoms with Crippen molar-refractivity contribution in [2.75, 3.05) is 42.1 Å². The van der Waals surface area contributed by atoms with E-state index in [2.05, 4.69) is 15.8 Å². The number of carbonyl (C=O) groups is 2. The fraction of sp³-hybridized carbons (Fsp3) is 0.286. The van der Waals surface area contributed by atoms with E-state index in [4.69, 9.17) is 23.7 Å². The maximum atomic E-state index is 12.2. The molecular formula is C21H25N3O7. The third-order valence-electron chi connectivity index (χ3n) is 4.15. The summed E-state index contributed by atoms with van der Waals surface area (Å²) in [7, 11) is 7.48. The van der Waals surface area contributed by atoms with Gasteiger partial charge in [0.2, 0.25) is 5.75 Å². The van der Waals surface area contributed by atoms with Crippen molar-refractivity contribution in [1.82, 2.24) is 10.7 Å². The van der Waals surface area contributed by atoms with E-state index < -0.39 is 11.8 Å². The summed E-state index contributed by atoms with van der Waals surface area (Å²) in [5.41, 5.74) is 3.28. The number of benzene rings is 2. The smallest absolute Gasteiger partial charge is 0.259 e. The summed E-state index contributed by atoms with van der Waals surface area (Å²) in [6.45, 7) is -0.264. The van der Waals surface area contributed by atoms with Crippen LogP contribution in [0.25, 0.3) is 0 Å². The van der Waals surface area contributed by atoms with E-state index in [1.165, 1.54) is 47.8 Å². The lowest BCUT2D eigenvalue weighted by Crippen LogP contribution is -2.34. The zero-order chi connectivity index (χ0) is 22.8. The molecular weight excluding hydrogens is 406 g/mol. The first-order valence-electron chi connectivity index (χ1n) is 9.09. The van der Waals surface area contributed by atoms with Crippen molar-refractivity contribution in [2.45, 2.75) is 0 Å². The van der Waals surface area contributed by atoms with Crippen molar-refractivity contribution >= 4 is 18.0 Å². The van der Waals surface area contributed by atoms with Crippen LogP contribution in [-0.4, -0.2) is 60.1 Å². The first-order valence-corrected chi connectivity index (χ1v) is 9.09. The summed E-state index contributed by atoms with van der Waals surface area (Å²) < 4.78 is 26.1. The highest BCUT2D eigenvalue weighted by Crippen LogP contribution is 2.37. The quantitative estimate of drug-likeness (QED) is 0.434. The Morgan fingerprint density at radius 1 is 0.839 bits per heavy atom. The van der Waals surface area contributed by atoms with E-state index in [0.29, 0.717) is 39.9 Å². The first-order chi connectivity index (χ1) is 15.0. The van der Waals surface area contributed by atoms with Crippen molar-refractivity contribution in [3.63, 3.8) is 0 Å². The minimum Gasteiger partial charge on any atom is -0.493 e. The van der Waals surface area contributed by atoms with Gasteiger partial charge in [-0.15, -0.1) is 0 Å². The maximum Gasteiger partial charge on any atom is 0.259 e. The lowest BCUT2D eigenvalue weighted by Gasteiger charge is -2.12. The van der Waals surface area contributed by atoms with Gasteiger partial charge in [0.05, 0.1) is 48.3 Å². The largest absolute Gasteiger partial charge is 0.493 e. The highest BCUT2D eigenvalue weighted by atomic mass is 16.5. The molecule has 0 saturated heterocycles. The van der Waals surface area contributed by atoms with E-state index in [1.807, 2.05) is 0 Å². The van der Waals surface area contributed by atoms with Gasteiger partial charge in [0, 0.05) is 11.1 Å². The molecule has 31 heavy (non-hydrogen) atoms. The third kappa shape index (κ3) is 6.01. The zero-order valence-electron chi connectivity index (χ0n) is 18.0. The summed E-state index contributed by atoms with van der Waals surface area (Å²) >= 11 is 0. The standard InChI is InChI=1S/C21H25N3O7/c1-27-15-7-6-14(10-16(15)28-2)21(26)22-12-19(25)24-23-11-13-8-17(29-3)20(31-5)18(9-13)30-4/h6-11H,12H2,1-5H3,(H,22,26)(H,24,25)/b23-11-. The average Bonchev–Trinajstić information content (AvgIpc) is 2.81. The number of hydrogen-bond acceptors (Lipinski definition) is 8. The second-order valence-corrected chi connectivity index (χ2v) is 6.00. The summed E-state index contributed by atoms with van der Waals surface area (Å²) in [4.78, 5) is 24.2. The van der Waals surface area contributed by atoms with Gasteiger partial charge in [-0.2, -0.15) is 5.10 Å². The van der Waals surface area contributed by atoms with Gasteiger partial charge in [-0.1, -0.05) is 0 Å². The molecule has 10 heteroatoms. The van der Waals surface area contributed by atoms with Gasteiger partial charge in [-0.3, -0.25) is 9.59 Å².